The molecule has 2 aliphatic rings. The van der Waals surface area contributed by atoms with E-state index >= 15 is 0 Å². The first kappa shape index (κ1) is 17.9. The van der Waals surface area contributed by atoms with Gasteiger partial charge in [-0.1, -0.05) is 0 Å². The van der Waals surface area contributed by atoms with Gasteiger partial charge in [-0.05, 0) is 24.6 Å². The predicted octanol–water partition coefficient (Wildman–Crippen LogP) is 0.474. The molecular formula is C18H21N3O5. The number of aliphatic hydroxyl groups excluding tert-OH is 1. The summed E-state index contributed by atoms with van der Waals surface area (Å²) in [5.41, 5.74) is 1.58. The minimum absolute atomic E-state index is 0.0374. The Balaban J connectivity index is 1.77. The highest BCUT2D eigenvalue weighted by molar-refractivity contribution is 6.17. The van der Waals surface area contributed by atoms with Crippen molar-refractivity contribution in [1.29, 1.82) is 0 Å². The van der Waals surface area contributed by atoms with E-state index in [1.807, 2.05) is 0 Å². The number of likely N-dealkylation sites (tertiary alicyclic amines) is 1. The van der Waals surface area contributed by atoms with Crippen molar-refractivity contribution in [3.8, 4) is 5.75 Å². The summed E-state index contributed by atoms with van der Waals surface area (Å²) in [6.45, 7) is 0.827. The van der Waals surface area contributed by atoms with Gasteiger partial charge in [0.25, 0.3) is 11.8 Å². The summed E-state index contributed by atoms with van der Waals surface area (Å²) in [6.07, 6.45) is 2.62. The predicted molar refractivity (Wildman–Crippen MR) is 93.2 cm³/mol. The first-order chi connectivity index (χ1) is 12.5. The van der Waals surface area contributed by atoms with Crippen molar-refractivity contribution >= 4 is 23.4 Å². The molecule has 138 valence electrons. The van der Waals surface area contributed by atoms with Gasteiger partial charge in [-0.15, -0.1) is 0 Å². The molecule has 2 N–H and O–H groups in total. The monoisotopic (exact) mass is 359 g/mol. The van der Waals surface area contributed by atoms with Crippen LogP contribution in [0.25, 0.3) is 0 Å². The molecule has 8 heteroatoms. The van der Waals surface area contributed by atoms with Crippen molar-refractivity contribution < 1.29 is 24.2 Å². The van der Waals surface area contributed by atoms with Crippen molar-refractivity contribution in [2.24, 2.45) is 0 Å². The van der Waals surface area contributed by atoms with E-state index in [1.165, 1.54) is 6.08 Å². The lowest BCUT2D eigenvalue weighted by atomic mass is 10.1. The van der Waals surface area contributed by atoms with Gasteiger partial charge in [-0.25, -0.2) is 0 Å². The second kappa shape index (κ2) is 7.57. The van der Waals surface area contributed by atoms with Crippen LogP contribution in [-0.4, -0.2) is 59.4 Å². The van der Waals surface area contributed by atoms with E-state index in [1.54, 1.807) is 30.2 Å². The van der Waals surface area contributed by atoms with Crippen LogP contribution >= 0.6 is 0 Å². The maximum atomic E-state index is 12.2. The molecule has 0 bridgehead atoms. The first-order valence-electron chi connectivity index (χ1n) is 8.43. The number of β-amino-alcohol motifs (C(OH)–C–C–N with tert-alkyl or cyclic N) is 1. The van der Waals surface area contributed by atoms with Gasteiger partial charge in [0.1, 0.15) is 11.4 Å². The number of nitrogens with one attached hydrogen (secondary N) is 1. The summed E-state index contributed by atoms with van der Waals surface area (Å²) in [7, 11) is 1.56. The maximum Gasteiger partial charge on any atom is 0.277 e. The highest BCUT2D eigenvalue weighted by atomic mass is 16.5. The van der Waals surface area contributed by atoms with Crippen LogP contribution in [-0.2, 0) is 20.9 Å². The number of carbonyl (C=O) groups excluding carboxylic acids is 3. The number of amides is 3. The molecule has 26 heavy (non-hydrogen) atoms. The van der Waals surface area contributed by atoms with Crippen LogP contribution in [0.3, 0.4) is 0 Å². The Kier molecular flexibility index (Phi) is 5.22. The summed E-state index contributed by atoms with van der Waals surface area (Å²) in [4.78, 5) is 38.7. The first-order valence-corrected chi connectivity index (χ1v) is 8.43. The molecule has 3 amide bonds. The SMILES string of the molecule is COc1ccc(NC2=CC(=O)N(CCO)C2=O)cc1CN1CCCC1=O. The van der Waals surface area contributed by atoms with E-state index in [-0.39, 0.29) is 24.8 Å². The lowest BCUT2D eigenvalue weighted by Crippen LogP contribution is -2.34. The van der Waals surface area contributed by atoms with Crippen LogP contribution in [0.5, 0.6) is 5.75 Å². The molecule has 1 aromatic rings. The van der Waals surface area contributed by atoms with E-state index < -0.39 is 11.8 Å². The number of benzene rings is 1. The summed E-state index contributed by atoms with van der Waals surface area (Å²) >= 11 is 0. The number of imide groups is 1. The van der Waals surface area contributed by atoms with Crippen LogP contribution in [0.4, 0.5) is 5.69 Å². The zero-order chi connectivity index (χ0) is 18.7. The quantitative estimate of drug-likeness (QED) is 0.687. The number of ether oxygens (including phenoxy) is 1. The topological polar surface area (TPSA) is 99.2 Å². The van der Waals surface area contributed by atoms with E-state index in [0.29, 0.717) is 30.9 Å². The third-order valence-electron chi connectivity index (χ3n) is 4.43. The second-order valence-corrected chi connectivity index (χ2v) is 6.15. The second-order valence-electron chi connectivity index (χ2n) is 6.15. The Morgan fingerprint density at radius 1 is 1.27 bits per heavy atom. The Morgan fingerprint density at radius 3 is 2.73 bits per heavy atom. The number of rotatable bonds is 7. The van der Waals surface area contributed by atoms with Gasteiger partial charge in [0.05, 0.1) is 20.3 Å². The number of anilines is 1. The molecule has 0 saturated carbocycles. The van der Waals surface area contributed by atoms with Crippen LogP contribution in [0.15, 0.2) is 30.0 Å². The normalized spacial score (nSPS) is 17.2. The molecule has 2 aliphatic heterocycles. The smallest absolute Gasteiger partial charge is 0.277 e. The molecule has 1 fully saturated rings. The van der Waals surface area contributed by atoms with Crippen LogP contribution in [0, 0.1) is 0 Å². The van der Waals surface area contributed by atoms with Gasteiger partial charge in [-0.2, -0.15) is 0 Å². The fourth-order valence-corrected chi connectivity index (χ4v) is 3.12. The lowest BCUT2D eigenvalue weighted by Gasteiger charge is -2.19. The number of hydrogen-bond acceptors (Lipinski definition) is 6. The van der Waals surface area contributed by atoms with Crippen molar-refractivity contribution in [2.45, 2.75) is 19.4 Å². The minimum Gasteiger partial charge on any atom is -0.496 e. The maximum absolute atomic E-state index is 12.2. The number of nitrogens with zero attached hydrogens (tertiary/aromatic N) is 2. The van der Waals surface area contributed by atoms with Crippen molar-refractivity contribution in [1.82, 2.24) is 9.80 Å². The number of methoxy groups -OCH3 is 1. The molecule has 0 atom stereocenters. The van der Waals surface area contributed by atoms with Crippen molar-refractivity contribution in [3.63, 3.8) is 0 Å². The Bertz CT molecular complexity index is 774. The van der Waals surface area contributed by atoms with E-state index in [2.05, 4.69) is 5.32 Å². The minimum atomic E-state index is -0.476. The molecule has 1 saturated heterocycles. The van der Waals surface area contributed by atoms with Gasteiger partial charge in [0.2, 0.25) is 5.91 Å². The third kappa shape index (κ3) is 3.55. The zero-order valence-electron chi connectivity index (χ0n) is 14.5. The molecule has 0 spiro atoms. The van der Waals surface area contributed by atoms with E-state index in [9.17, 15) is 14.4 Å². The highest BCUT2D eigenvalue weighted by Gasteiger charge is 2.30. The Morgan fingerprint density at radius 2 is 2.08 bits per heavy atom. The number of aliphatic hydroxyl groups is 1. The van der Waals surface area contributed by atoms with Crippen LogP contribution < -0.4 is 10.1 Å². The fourth-order valence-electron chi connectivity index (χ4n) is 3.12. The number of carbonyl (C=O) groups is 3. The largest absolute Gasteiger partial charge is 0.496 e. The van der Waals surface area contributed by atoms with E-state index in [4.69, 9.17) is 9.84 Å². The van der Waals surface area contributed by atoms with Gasteiger partial charge in [0, 0.05) is 36.8 Å². The Hall–Kier alpha value is -2.87. The third-order valence-corrected chi connectivity index (χ3v) is 4.43. The van der Waals surface area contributed by atoms with E-state index in [0.717, 1.165) is 16.9 Å². The zero-order valence-corrected chi connectivity index (χ0v) is 14.5. The average molecular weight is 359 g/mol. The lowest BCUT2D eigenvalue weighted by molar-refractivity contribution is -0.137. The molecule has 2 heterocycles. The highest BCUT2D eigenvalue weighted by Crippen LogP contribution is 2.27. The Labute approximate surface area is 151 Å². The van der Waals surface area contributed by atoms with Gasteiger partial charge < -0.3 is 20.1 Å². The summed E-state index contributed by atoms with van der Waals surface area (Å²) in [5, 5.41) is 11.9. The van der Waals surface area contributed by atoms with Crippen molar-refractivity contribution in [2.75, 3.05) is 32.1 Å². The molecule has 1 aromatic carbocycles. The van der Waals surface area contributed by atoms with Crippen LogP contribution in [0.2, 0.25) is 0 Å². The van der Waals surface area contributed by atoms with Crippen molar-refractivity contribution in [3.05, 3.63) is 35.5 Å². The molecular weight excluding hydrogens is 338 g/mol. The molecule has 0 aliphatic carbocycles. The average Bonchev–Trinajstić information content (AvgIpc) is 3.14. The molecule has 0 unspecified atom stereocenters. The molecule has 0 radical (unpaired) electrons. The summed E-state index contributed by atoms with van der Waals surface area (Å²) in [5.74, 6) is -0.164. The fraction of sp³-hybridized carbons (Fsp3) is 0.389. The summed E-state index contributed by atoms with van der Waals surface area (Å²) < 4.78 is 5.37. The van der Waals surface area contributed by atoms with Crippen LogP contribution in [0.1, 0.15) is 18.4 Å². The van der Waals surface area contributed by atoms with Gasteiger partial charge in [-0.3, -0.25) is 19.3 Å². The standard InChI is InChI=1S/C18H21N3O5/c1-26-15-5-4-13(9-12(15)11-20-6-2-3-16(20)23)19-14-10-17(24)21(7-8-22)18(14)25/h4-5,9-10,19,22H,2-3,6-8,11H2,1H3. The molecule has 8 nitrogen and oxygen atoms in total. The number of hydrogen-bond donors (Lipinski definition) is 2. The molecule has 0 aromatic heterocycles. The summed E-state index contributed by atoms with van der Waals surface area (Å²) in [6, 6.07) is 5.30. The van der Waals surface area contributed by atoms with Gasteiger partial charge in [0.15, 0.2) is 0 Å². The van der Waals surface area contributed by atoms with Gasteiger partial charge >= 0.3 is 0 Å². The molecule has 3 rings (SSSR count).